The molecule has 2 heterocycles. The van der Waals surface area contributed by atoms with Crippen molar-refractivity contribution >= 4 is 18.0 Å². The summed E-state index contributed by atoms with van der Waals surface area (Å²) in [5.41, 5.74) is 3.34. The van der Waals surface area contributed by atoms with E-state index in [2.05, 4.69) is 5.32 Å². The van der Waals surface area contributed by atoms with Gasteiger partial charge >= 0.3 is 5.97 Å². The molecule has 2 fully saturated rings. The number of aliphatic hydroxyl groups excluding tert-OH is 5. The van der Waals surface area contributed by atoms with Gasteiger partial charge in [0, 0.05) is 31.4 Å². The molecule has 6 rings (SSSR count). The molecule has 2 aromatic carbocycles. The van der Waals surface area contributed by atoms with E-state index in [1.807, 2.05) is 24.3 Å². The molecule has 2 aliphatic heterocycles. The van der Waals surface area contributed by atoms with Crippen LogP contribution in [0.1, 0.15) is 33.5 Å². The molecule has 0 saturated carbocycles. The van der Waals surface area contributed by atoms with Crippen LogP contribution < -0.4 is 5.32 Å². The standard InChI is InChI=1S/C34H39NO12/c36-12-11-35-31(41)22-14-24(30-25(15-22)46-34(47-30)16-20-7-1-2-8-21(20)17-34)44-32(42)23-10-4-3-6-19(23)9-5-13-43-33-29(40)28(39)27(38)26(18-37)45-33/h1-10,15,24-30,33,36-40H,11-14,16-18H2,(H,35,41)/t24-,25-,26-,27+,28+,29-,30+,33+/m1/s1. The van der Waals surface area contributed by atoms with Crippen molar-refractivity contribution in [2.75, 3.05) is 26.4 Å². The van der Waals surface area contributed by atoms with Crippen LogP contribution in [0.5, 0.6) is 0 Å². The lowest BCUT2D eigenvalue weighted by Gasteiger charge is -2.39. The van der Waals surface area contributed by atoms with Gasteiger partial charge in [-0.05, 0) is 28.8 Å². The van der Waals surface area contributed by atoms with Crippen LogP contribution in [0.25, 0.3) is 6.08 Å². The van der Waals surface area contributed by atoms with E-state index < -0.39 is 67.4 Å². The first kappa shape index (κ1) is 33.4. The molecule has 47 heavy (non-hydrogen) atoms. The normalized spacial score (nSPS) is 31.0. The highest BCUT2D eigenvalue weighted by atomic mass is 16.8. The number of rotatable bonds is 10. The summed E-state index contributed by atoms with van der Waals surface area (Å²) >= 11 is 0. The summed E-state index contributed by atoms with van der Waals surface area (Å²) in [6.07, 6.45) is -3.08. The predicted molar refractivity (Wildman–Crippen MR) is 164 cm³/mol. The van der Waals surface area contributed by atoms with E-state index in [9.17, 15) is 35.1 Å². The second kappa shape index (κ2) is 14.3. The lowest BCUT2D eigenvalue weighted by molar-refractivity contribution is -0.298. The maximum Gasteiger partial charge on any atom is 0.339 e. The first-order valence-electron chi connectivity index (χ1n) is 15.6. The molecule has 1 spiro atoms. The van der Waals surface area contributed by atoms with Crippen molar-refractivity contribution in [1.29, 1.82) is 0 Å². The van der Waals surface area contributed by atoms with Gasteiger partial charge in [0.15, 0.2) is 12.1 Å². The Bertz CT molecular complexity index is 1480. The number of hydrogen-bond acceptors (Lipinski definition) is 12. The minimum atomic E-state index is -1.56. The number of ether oxygens (including phenoxy) is 5. The number of fused-ring (bicyclic) bond motifs is 2. The highest BCUT2D eigenvalue weighted by Crippen LogP contribution is 2.45. The number of aliphatic hydroxyl groups is 5. The monoisotopic (exact) mass is 653 g/mol. The van der Waals surface area contributed by atoms with E-state index in [1.54, 1.807) is 42.5 Å². The zero-order valence-corrected chi connectivity index (χ0v) is 25.5. The van der Waals surface area contributed by atoms with Crippen LogP contribution in [0.2, 0.25) is 0 Å². The average molecular weight is 654 g/mol. The smallest absolute Gasteiger partial charge is 0.339 e. The van der Waals surface area contributed by atoms with E-state index in [0.717, 1.165) is 11.1 Å². The number of carbonyl (C=O) groups excluding carboxylic acids is 2. The van der Waals surface area contributed by atoms with Crippen molar-refractivity contribution in [3.63, 3.8) is 0 Å². The zero-order chi connectivity index (χ0) is 33.1. The van der Waals surface area contributed by atoms with Crippen molar-refractivity contribution in [2.45, 2.75) is 74.1 Å². The molecule has 2 aliphatic carbocycles. The number of hydrogen-bond donors (Lipinski definition) is 6. The van der Waals surface area contributed by atoms with E-state index in [4.69, 9.17) is 23.7 Å². The van der Waals surface area contributed by atoms with Gasteiger partial charge in [0.25, 0.3) is 0 Å². The maximum atomic E-state index is 13.7. The molecule has 0 aromatic heterocycles. The quantitative estimate of drug-likeness (QED) is 0.185. The van der Waals surface area contributed by atoms with Crippen LogP contribution in [0.3, 0.4) is 0 Å². The number of esters is 1. The van der Waals surface area contributed by atoms with Crippen LogP contribution in [0, 0.1) is 0 Å². The number of amides is 1. The van der Waals surface area contributed by atoms with E-state index in [-0.39, 0.29) is 37.6 Å². The first-order valence-corrected chi connectivity index (χ1v) is 15.6. The Morgan fingerprint density at radius 1 is 0.957 bits per heavy atom. The van der Waals surface area contributed by atoms with Gasteiger partial charge in [-0.2, -0.15) is 0 Å². The molecule has 2 saturated heterocycles. The fourth-order valence-corrected chi connectivity index (χ4v) is 6.51. The van der Waals surface area contributed by atoms with Gasteiger partial charge in [-0.15, -0.1) is 0 Å². The van der Waals surface area contributed by atoms with E-state index in [0.29, 0.717) is 24.0 Å². The summed E-state index contributed by atoms with van der Waals surface area (Å²) in [6.45, 7) is -0.812. The Morgan fingerprint density at radius 3 is 2.40 bits per heavy atom. The Kier molecular flexibility index (Phi) is 10.2. The molecular weight excluding hydrogens is 614 g/mol. The van der Waals surface area contributed by atoms with Crippen molar-refractivity contribution in [1.82, 2.24) is 5.32 Å². The maximum absolute atomic E-state index is 13.7. The molecule has 1 amide bonds. The van der Waals surface area contributed by atoms with Gasteiger partial charge in [0.2, 0.25) is 5.91 Å². The van der Waals surface area contributed by atoms with Crippen molar-refractivity contribution in [2.24, 2.45) is 0 Å². The molecule has 0 unspecified atom stereocenters. The summed E-state index contributed by atoms with van der Waals surface area (Å²) in [4.78, 5) is 26.6. The summed E-state index contributed by atoms with van der Waals surface area (Å²) in [5, 5.41) is 51.4. The van der Waals surface area contributed by atoms with Crippen LogP contribution in [-0.2, 0) is 41.3 Å². The van der Waals surface area contributed by atoms with Crippen LogP contribution in [-0.4, -0.2) is 119 Å². The lowest BCUT2D eigenvalue weighted by atomic mass is 9.91. The number of carbonyl (C=O) groups is 2. The van der Waals surface area contributed by atoms with Gasteiger partial charge in [0.1, 0.15) is 42.7 Å². The van der Waals surface area contributed by atoms with Gasteiger partial charge in [0.05, 0.1) is 25.4 Å². The summed E-state index contributed by atoms with van der Waals surface area (Å²) < 4.78 is 29.9. The Balaban J connectivity index is 1.15. The Labute approximate surface area is 271 Å². The van der Waals surface area contributed by atoms with Gasteiger partial charge in [-0.25, -0.2) is 4.79 Å². The number of benzene rings is 2. The molecule has 8 atom stereocenters. The Hall–Kier alpha value is -3.50. The third-order valence-corrected chi connectivity index (χ3v) is 8.85. The second-order valence-corrected chi connectivity index (χ2v) is 12.0. The fourth-order valence-electron chi connectivity index (χ4n) is 6.51. The molecule has 252 valence electrons. The van der Waals surface area contributed by atoms with Crippen molar-refractivity contribution < 1.29 is 58.8 Å². The van der Waals surface area contributed by atoms with Crippen LogP contribution in [0.4, 0.5) is 0 Å². The van der Waals surface area contributed by atoms with Crippen molar-refractivity contribution in [3.8, 4) is 0 Å². The molecular formula is C34H39NO12. The predicted octanol–water partition coefficient (Wildman–Crippen LogP) is -0.241. The number of nitrogens with one attached hydrogen (secondary N) is 1. The molecule has 0 bridgehead atoms. The SMILES string of the molecule is O=C(NCCO)C1=C[C@H]2OC3(Cc4ccccc4C3)O[C@H]2[C@H](OC(=O)c2ccccc2C=CCO[C@H]2O[C@H](CO)[C@H](O)[C@H](O)[C@H]2O)C1. The molecule has 13 heteroatoms. The zero-order valence-electron chi connectivity index (χ0n) is 25.5. The summed E-state index contributed by atoms with van der Waals surface area (Å²) in [7, 11) is 0. The molecule has 6 N–H and O–H groups in total. The average Bonchev–Trinajstić information content (AvgIpc) is 3.63. The third-order valence-electron chi connectivity index (χ3n) is 8.85. The van der Waals surface area contributed by atoms with E-state index >= 15 is 0 Å². The highest BCUT2D eigenvalue weighted by Gasteiger charge is 2.55. The topological polar surface area (TPSA) is 193 Å². The molecule has 2 aromatic rings. The van der Waals surface area contributed by atoms with Gasteiger partial charge in [-0.1, -0.05) is 54.6 Å². The first-order chi connectivity index (χ1) is 22.7. The second-order valence-electron chi connectivity index (χ2n) is 12.0. The minimum Gasteiger partial charge on any atom is -0.456 e. The van der Waals surface area contributed by atoms with Gasteiger partial charge in [-0.3, -0.25) is 4.79 Å². The largest absolute Gasteiger partial charge is 0.456 e. The summed E-state index contributed by atoms with van der Waals surface area (Å²) in [6, 6.07) is 14.7. The molecule has 13 nitrogen and oxygen atoms in total. The molecule has 4 aliphatic rings. The fraction of sp³-hybridized carbons (Fsp3) is 0.471. The lowest BCUT2D eigenvalue weighted by Crippen LogP contribution is -2.59. The minimum absolute atomic E-state index is 0.0745. The van der Waals surface area contributed by atoms with E-state index in [1.165, 1.54) is 0 Å². The Morgan fingerprint density at radius 2 is 1.68 bits per heavy atom. The summed E-state index contributed by atoms with van der Waals surface area (Å²) in [5.74, 6) is -1.97. The van der Waals surface area contributed by atoms with Crippen molar-refractivity contribution in [3.05, 3.63) is 88.5 Å². The van der Waals surface area contributed by atoms with Crippen LogP contribution >= 0.6 is 0 Å². The third kappa shape index (κ3) is 7.04. The molecule has 0 radical (unpaired) electrons. The van der Waals surface area contributed by atoms with Gasteiger partial charge < -0.3 is 54.5 Å². The highest BCUT2D eigenvalue weighted by molar-refractivity contribution is 5.95. The van der Waals surface area contributed by atoms with Crippen LogP contribution in [0.15, 0.2) is 66.3 Å².